The van der Waals surface area contributed by atoms with Crippen LogP contribution in [0.2, 0.25) is 0 Å². The van der Waals surface area contributed by atoms with Crippen LogP contribution in [0.25, 0.3) is 11.2 Å². The number of imidazole rings is 1. The van der Waals surface area contributed by atoms with Crippen LogP contribution in [0.4, 0.5) is 10.6 Å². The Hall–Kier alpha value is -2.57. The fraction of sp³-hybridized carbons (Fsp3) is 0.759. The highest BCUT2D eigenvalue weighted by atomic mass is 32.2. The van der Waals surface area contributed by atoms with Crippen molar-refractivity contribution < 1.29 is 42.1 Å². The summed E-state index contributed by atoms with van der Waals surface area (Å²) in [6, 6.07) is -1.06. The van der Waals surface area contributed by atoms with E-state index in [2.05, 4.69) is 25.4 Å². The molecule has 19 heteroatoms. The Morgan fingerprint density at radius 2 is 1.85 bits per heavy atom. The zero-order valence-corrected chi connectivity index (χ0v) is 30.1. The normalized spacial score (nSPS) is 23.8. The molecule has 48 heavy (non-hydrogen) atoms. The maximum absolute atomic E-state index is 14.2. The number of nitrogens with zero attached hydrogens (tertiary/aromatic N) is 4. The Morgan fingerprint density at radius 1 is 1.12 bits per heavy atom. The molecule has 0 aromatic carbocycles. The van der Waals surface area contributed by atoms with E-state index >= 15 is 0 Å². The molecule has 17 nitrogen and oxygen atoms in total. The second-order valence-corrected chi connectivity index (χ2v) is 15.7. The number of carbonyl (C=O) groups is 2. The predicted octanol–water partition coefficient (Wildman–Crippen LogP) is 3.25. The minimum Gasteiger partial charge on any atom is -0.444 e. The van der Waals surface area contributed by atoms with Crippen molar-refractivity contribution in [3.05, 3.63) is 12.7 Å². The smallest absolute Gasteiger partial charge is 0.435 e. The Kier molecular flexibility index (Phi) is 13.1. The number of nitrogens with two attached hydrogens (primary N) is 2. The third-order valence-electron chi connectivity index (χ3n) is 7.42. The highest BCUT2D eigenvalue weighted by molar-refractivity contribution is 7.98. The van der Waals surface area contributed by atoms with E-state index in [1.165, 1.54) is 24.4 Å². The Bertz CT molecular complexity index is 1440. The molecule has 0 bridgehead atoms. The van der Waals surface area contributed by atoms with Crippen LogP contribution < -0.4 is 21.9 Å². The summed E-state index contributed by atoms with van der Waals surface area (Å²) in [7, 11) is -4.30. The minimum absolute atomic E-state index is 0.0477. The van der Waals surface area contributed by atoms with Gasteiger partial charge in [-0.1, -0.05) is 12.8 Å². The number of carbonyl (C=O) groups excluding carboxylic acids is 2. The summed E-state index contributed by atoms with van der Waals surface area (Å²) >= 11 is 1.49. The lowest BCUT2D eigenvalue weighted by atomic mass is 10.1. The lowest BCUT2D eigenvalue weighted by molar-refractivity contribution is -0.199. The standard InChI is InChI=1S/C29H49N8O9PS/c1-28(2,3)46-27(39)35-18(11-14-48-6)25(38)36-47(40,41-13-10-8-7-9-12-30)42-15-19-21-22(45-29(4,5)44-21)26(43-19)37-17-34-20-23(31)32-16-33-24(20)37/h16-19,21-22,26H,7-15,30H2,1-6H3,(H,35,39)(H2,31,32,33)(H,36,38,40)/t18-,19+,21+,22+,26+,47?/m0/s1. The van der Waals surface area contributed by atoms with Gasteiger partial charge in [-0.15, -0.1) is 0 Å². The van der Waals surface area contributed by atoms with Crippen molar-refractivity contribution in [1.29, 1.82) is 0 Å². The maximum atomic E-state index is 14.2. The molecule has 2 amide bonds. The maximum Gasteiger partial charge on any atom is 0.435 e. The highest BCUT2D eigenvalue weighted by Gasteiger charge is 2.56. The molecule has 4 heterocycles. The second-order valence-electron chi connectivity index (χ2n) is 13.0. The van der Waals surface area contributed by atoms with Gasteiger partial charge in [0, 0.05) is 0 Å². The third-order valence-corrected chi connectivity index (χ3v) is 9.57. The molecule has 6 N–H and O–H groups in total. The second kappa shape index (κ2) is 16.4. The summed E-state index contributed by atoms with van der Waals surface area (Å²) in [5.74, 6) is -0.955. The first-order valence-corrected chi connectivity index (χ1v) is 18.9. The fourth-order valence-corrected chi connectivity index (χ4v) is 7.11. The van der Waals surface area contributed by atoms with Crippen LogP contribution in [0.3, 0.4) is 0 Å². The zero-order chi connectivity index (χ0) is 35.1. The first-order valence-electron chi connectivity index (χ1n) is 16.0. The monoisotopic (exact) mass is 716 g/mol. The topological polar surface area (TPSA) is 226 Å². The number of thioether (sulfide) groups is 1. The van der Waals surface area contributed by atoms with Crippen LogP contribution >= 0.6 is 19.5 Å². The number of unbranched alkanes of at least 4 members (excludes halogenated alkanes) is 3. The molecule has 0 saturated carbocycles. The van der Waals surface area contributed by atoms with Crippen LogP contribution in [0, 0.1) is 0 Å². The molecule has 2 aliphatic rings. The van der Waals surface area contributed by atoms with E-state index in [0.29, 0.717) is 29.9 Å². The molecule has 6 atom stereocenters. The molecule has 1 unspecified atom stereocenters. The van der Waals surface area contributed by atoms with Gasteiger partial charge < -0.3 is 35.7 Å². The van der Waals surface area contributed by atoms with Crippen molar-refractivity contribution in [1.82, 2.24) is 29.9 Å². The number of alkyl carbamates (subject to hydrolysis) is 1. The molecular formula is C29H49N8O9PS. The van der Waals surface area contributed by atoms with E-state index in [9.17, 15) is 14.2 Å². The van der Waals surface area contributed by atoms with Crippen molar-refractivity contribution in [3.63, 3.8) is 0 Å². The Labute approximate surface area is 284 Å². The Balaban J connectivity index is 1.51. The summed E-state index contributed by atoms with van der Waals surface area (Å²) < 4.78 is 51.6. The molecule has 2 aromatic heterocycles. The largest absolute Gasteiger partial charge is 0.444 e. The van der Waals surface area contributed by atoms with E-state index in [0.717, 1.165) is 19.3 Å². The van der Waals surface area contributed by atoms with Gasteiger partial charge in [0.1, 0.15) is 41.8 Å². The molecule has 2 aliphatic heterocycles. The van der Waals surface area contributed by atoms with Crippen LogP contribution in [-0.2, 0) is 37.4 Å². The van der Waals surface area contributed by atoms with E-state index in [4.69, 9.17) is 39.5 Å². The molecule has 2 aromatic rings. The average molecular weight is 717 g/mol. The van der Waals surface area contributed by atoms with Gasteiger partial charge >= 0.3 is 13.8 Å². The highest BCUT2D eigenvalue weighted by Crippen LogP contribution is 2.48. The van der Waals surface area contributed by atoms with E-state index in [-0.39, 0.29) is 25.5 Å². The minimum atomic E-state index is -4.30. The van der Waals surface area contributed by atoms with Gasteiger partial charge in [0.05, 0.1) is 19.5 Å². The average Bonchev–Trinajstić information content (AvgIpc) is 3.66. The van der Waals surface area contributed by atoms with Crippen molar-refractivity contribution in [3.8, 4) is 0 Å². The molecular weight excluding hydrogens is 667 g/mol. The lowest BCUT2D eigenvalue weighted by Gasteiger charge is -2.27. The van der Waals surface area contributed by atoms with Gasteiger partial charge in [-0.25, -0.2) is 24.3 Å². The first-order chi connectivity index (χ1) is 22.6. The van der Waals surface area contributed by atoms with Crippen molar-refractivity contribution in [2.24, 2.45) is 5.73 Å². The van der Waals surface area contributed by atoms with Crippen LogP contribution in [0.5, 0.6) is 0 Å². The quantitative estimate of drug-likeness (QED) is 0.136. The first kappa shape index (κ1) is 38.2. The van der Waals surface area contributed by atoms with Gasteiger partial charge in [0.2, 0.25) is 0 Å². The lowest BCUT2D eigenvalue weighted by Crippen LogP contribution is -2.48. The fourth-order valence-electron chi connectivity index (χ4n) is 5.30. The molecule has 270 valence electrons. The zero-order valence-electron chi connectivity index (χ0n) is 28.4. The number of fused-ring (bicyclic) bond motifs is 2. The van der Waals surface area contributed by atoms with E-state index in [1.807, 2.05) is 6.26 Å². The SMILES string of the molecule is CSCC[C@H](NC(=O)OC(C)(C)C)C(=O)NP(=O)(OCCCCCCN)OC[C@H]1O[C@@H](n2cnc3c(N)ncnc32)[C@@H]2OC(C)(C)O[C@@H]21. The van der Waals surface area contributed by atoms with Gasteiger partial charge in [0.25, 0.3) is 5.91 Å². The number of ether oxygens (including phenoxy) is 4. The molecule has 0 aliphatic carbocycles. The van der Waals surface area contributed by atoms with Crippen molar-refractivity contribution in [2.45, 2.75) is 109 Å². The third kappa shape index (κ3) is 10.2. The number of hydrogen-bond acceptors (Lipinski definition) is 15. The molecule has 2 fully saturated rings. The Morgan fingerprint density at radius 3 is 2.56 bits per heavy atom. The number of hydrogen-bond donors (Lipinski definition) is 4. The van der Waals surface area contributed by atoms with Gasteiger partial charge in [-0.3, -0.25) is 23.5 Å². The summed E-state index contributed by atoms with van der Waals surface area (Å²) in [6.07, 6.45) is 4.45. The summed E-state index contributed by atoms with van der Waals surface area (Å²) in [6.45, 7) is 9.02. The number of anilines is 1. The molecule has 0 spiro atoms. The van der Waals surface area contributed by atoms with Gasteiger partial charge in [-0.05, 0) is 72.4 Å². The summed E-state index contributed by atoms with van der Waals surface area (Å²) in [5.41, 5.74) is 11.6. The summed E-state index contributed by atoms with van der Waals surface area (Å²) in [4.78, 5) is 38.7. The van der Waals surface area contributed by atoms with Crippen molar-refractivity contribution in [2.75, 3.05) is 37.5 Å². The number of nitrogen functional groups attached to an aromatic ring is 1. The van der Waals surface area contributed by atoms with Gasteiger partial charge in [0.15, 0.2) is 23.5 Å². The molecule has 0 radical (unpaired) electrons. The van der Waals surface area contributed by atoms with Gasteiger partial charge in [-0.2, -0.15) is 11.8 Å². The number of rotatable bonds is 17. The van der Waals surface area contributed by atoms with Crippen LogP contribution in [-0.4, -0.2) is 99.0 Å². The molecule has 2 saturated heterocycles. The molecule has 4 rings (SSSR count). The van der Waals surface area contributed by atoms with E-state index in [1.54, 1.807) is 39.2 Å². The van der Waals surface area contributed by atoms with E-state index < -0.39 is 61.7 Å². The number of aromatic nitrogens is 4. The summed E-state index contributed by atoms with van der Waals surface area (Å²) in [5, 5.41) is 5.02. The predicted molar refractivity (Wildman–Crippen MR) is 179 cm³/mol. The van der Waals surface area contributed by atoms with Crippen LogP contribution in [0.15, 0.2) is 12.7 Å². The number of nitrogens with one attached hydrogen (secondary N) is 2. The number of amides is 2. The van der Waals surface area contributed by atoms with Crippen LogP contribution in [0.1, 0.15) is 73.0 Å². The van der Waals surface area contributed by atoms with Crippen molar-refractivity contribution >= 4 is 48.5 Å².